The van der Waals surface area contributed by atoms with E-state index >= 15 is 0 Å². The molecule has 0 atom stereocenters. The van der Waals surface area contributed by atoms with Crippen molar-refractivity contribution in [1.82, 2.24) is 14.5 Å². The Morgan fingerprint density at radius 3 is 1.88 bits per heavy atom. The van der Waals surface area contributed by atoms with Crippen LogP contribution in [0.15, 0.2) is 155 Å². The third kappa shape index (κ3) is 10.0. The summed E-state index contributed by atoms with van der Waals surface area (Å²) in [6.07, 6.45) is 2.70. The number of para-hydroxylation sites is 1. The molecule has 6 nitrogen and oxygen atoms in total. The maximum atomic E-state index is 12.7. The quantitative estimate of drug-likeness (QED) is 0.153. The number of imidazole rings is 1. The monoisotopic (exact) mass is 1140 g/mol. The Kier molecular flexibility index (Phi) is 13.3. The molecule has 0 bridgehead atoms. The van der Waals surface area contributed by atoms with E-state index in [1.807, 2.05) is 24.4 Å². The van der Waals surface area contributed by atoms with E-state index in [0.29, 0.717) is 11.4 Å². The molecule has 0 radical (unpaired) electrons. The van der Waals surface area contributed by atoms with Crippen molar-refractivity contribution in [3.63, 3.8) is 0 Å². The van der Waals surface area contributed by atoms with Crippen molar-refractivity contribution in [3.05, 3.63) is 180 Å². The Hall–Kier alpha value is -6.75. The maximum absolute atomic E-state index is 12.7. The molecule has 374 valence electrons. The summed E-state index contributed by atoms with van der Waals surface area (Å²) in [5.41, 5.74) is 17.0. The molecule has 0 fully saturated rings. The van der Waals surface area contributed by atoms with Gasteiger partial charge in [-0.15, -0.1) is 29.3 Å². The number of phenolic OH excluding ortho intramolecular Hbond substituents is 1. The number of hydrogen-bond acceptors (Lipinski definition) is 5. The van der Waals surface area contributed by atoms with Gasteiger partial charge < -0.3 is 13.9 Å². The molecule has 0 saturated carbocycles. The minimum Gasteiger partial charge on any atom is -0.507 e. The first-order chi connectivity index (χ1) is 34.0. The summed E-state index contributed by atoms with van der Waals surface area (Å²) in [5.74, 6) is 2.55. The molecule has 4 heterocycles. The summed E-state index contributed by atoms with van der Waals surface area (Å²) >= 11 is 0. The van der Waals surface area contributed by atoms with E-state index < -0.39 is 0 Å². The van der Waals surface area contributed by atoms with Gasteiger partial charge in [0.2, 0.25) is 0 Å². The van der Waals surface area contributed by atoms with E-state index in [1.54, 1.807) is 0 Å². The van der Waals surface area contributed by atoms with Gasteiger partial charge in [-0.3, -0.25) is 9.55 Å². The molecule has 0 spiro atoms. The van der Waals surface area contributed by atoms with Crippen LogP contribution in [0.4, 0.5) is 0 Å². The Bertz CT molecular complexity index is 3660. The first kappa shape index (κ1) is 51.2. The van der Waals surface area contributed by atoms with Gasteiger partial charge in [0.25, 0.3) is 0 Å². The molecular formula is C66H66N3O3Pt-. The number of furan rings is 2. The number of rotatable bonds is 8. The molecule has 0 unspecified atom stereocenters. The molecular weight excluding hydrogens is 1080 g/mol. The van der Waals surface area contributed by atoms with Crippen molar-refractivity contribution in [2.75, 3.05) is 0 Å². The number of nitrogens with zero attached hydrogens (tertiary/aromatic N) is 3. The van der Waals surface area contributed by atoms with Crippen molar-refractivity contribution in [1.29, 1.82) is 0 Å². The second-order valence-corrected chi connectivity index (χ2v) is 23.9. The number of aromatic nitrogens is 3. The Morgan fingerprint density at radius 1 is 0.575 bits per heavy atom. The molecule has 4 aromatic heterocycles. The molecule has 0 aliphatic carbocycles. The Balaban J connectivity index is 0.00000656. The number of phenols is 1. The SMILES string of the molecule is Cc1c(-c2ccc(-n3c(-c4cc(C(C)(C)C)cc(C(C)(C)C)c4O)nc4c(-c5[c-]c(-c6cc(-c7ccccc7)ccn6)cc(C(C)(C)C)c5)cccc43)c(-c3ccccc3)c2)oc2cc(CC(C)(C)C)oc12.[Pt]. The standard InChI is InChI=1S/C66H66N3O3.Pt/c1-40-60(72-57-38-49(71-61(40)57)39-63(2,3)4)44-27-28-55(51(34-44)42-23-18-15-19-24-42)69-56-26-20-25-50(58(56)68-62(69)52-36-48(65(8,9)10)37-53(59(52)70)66(11,12)13)45-31-46(33-47(32-45)64(5,6)7)54-35-43(29-30-67-54)41-21-16-14-17-22-41;/h14-30,32-38,70H,39H2,1-13H3;/q-1;. The topological polar surface area (TPSA) is 77.2 Å². The smallest absolute Gasteiger partial charge is 0.176 e. The third-order valence-corrected chi connectivity index (χ3v) is 13.8. The first-order valence-corrected chi connectivity index (χ1v) is 25.2. The van der Waals surface area contributed by atoms with Crippen LogP contribution in [0.5, 0.6) is 5.75 Å². The van der Waals surface area contributed by atoms with Gasteiger partial charge in [-0.25, -0.2) is 4.98 Å². The van der Waals surface area contributed by atoms with Gasteiger partial charge in [0, 0.05) is 67.7 Å². The summed E-state index contributed by atoms with van der Waals surface area (Å²) in [5, 5.41) is 12.7. The predicted octanol–water partition coefficient (Wildman–Crippen LogP) is 18.1. The van der Waals surface area contributed by atoms with E-state index in [1.165, 1.54) is 0 Å². The van der Waals surface area contributed by atoms with E-state index in [9.17, 15) is 5.11 Å². The largest absolute Gasteiger partial charge is 0.507 e. The molecule has 73 heavy (non-hydrogen) atoms. The molecule has 6 aromatic carbocycles. The minimum atomic E-state index is -0.364. The van der Waals surface area contributed by atoms with Crippen LogP contribution in [-0.4, -0.2) is 19.6 Å². The van der Waals surface area contributed by atoms with Gasteiger partial charge in [-0.2, -0.15) is 0 Å². The van der Waals surface area contributed by atoms with Crippen LogP contribution in [0, 0.1) is 18.4 Å². The van der Waals surface area contributed by atoms with E-state index in [4.69, 9.17) is 18.8 Å². The third-order valence-electron chi connectivity index (χ3n) is 13.8. The fourth-order valence-electron chi connectivity index (χ4n) is 9.88. The van der Waals surface area contributed by atoms with Gasteiger partial charge >= 0.3 is 0 Å². The van der Waals surface area contributed by atoms with Crippen molar-refractivity contribution < 1.29 is 35.0 Å². The zero-order valence-corrected chi connectivity index (χ0v) is 46.8. The minimum absolute atomic E-state index is 0. The van der Waals surface area contributed by atoms with Gasteiger partial charge in [-0.05, 0) is 87.2 Å². The van der Waals surface area contributed by atoms with Gasteiger partial charge in [0.05, 0.1) is 22.3 Å². The van der Waals surface area contributed by atoms with Crippen LogP contribution < -0.4 is 0 Å². The average molecular weight is 1140 g/mol. The van der Waals surface area contributed by atoms with Crippen molar-refractivity contribution >= 4 is 22.2 Å². The van der Waals surface area contributed by atoms with Gasteiger partial charge in [-0.1, -0.05) is 179 Å². The van der Waals surface area contributed by atoms with E-state index in [2.05, 4.69) is 222 Å². The number of hydrogen-bond donors (Lipinski definition) is 1. The number of aryl methyl sites for hydroxylation is 1. The predicted molar refractivity (Wildman–Crippen MR) is 298 cm³/mol. The van der Waals surface area contributed by atoms with Crippen LogP contribution >= 0.6 is 0 Å². The van der Waals surface area contributed by atoms with Crippen LogP contribution in [0.2, 0.25) is 0 Å². The molecule has 10 rings (SSSR count). The number of fused-ring (bicyclic) bond motifs is 2. The maximum Gasteiger partial charge on any atom is 0.176 e. The Morgan fingerprint density at radius 2 is 1.23 bits per heavy atom. The summed E-state index contributed by atoms with van der Waals surface area (Å²) in [6, 6.07) is 52.8. The van der Waals surface area contributed by atoms with Crippen LogP contribution in [0.3, 0.4) is 0 Å². The number of pyridine rings is 1. The molecule has 0 aliphatic rings. The van der Waals surface area contributed by atoms with Crippen LogP contribution in [0.1, 0.15) is 111 Å². The second-order valence-electron chi connectivity index (χ2n) is 23.9. The average Bonchev–Trinajstić information content (AvgIpc) is 4.01. The summed E-state index contributed by atoms with van der Waals surface area (Å²) < 4.78 is 15.4. The fourth-order valence-corrected chi connectivity index (χ4v) is 9.88. The van der Waals surface area contributed by atoms with Crippen LogP contribution in [-0.2, 0) is 43.7 Å². The normalized spacial score (nSPS) is 12.5. The summed E-state index contributed by atoms with van der Waals surface area (Å²) in [4.78, 5) is 10.6. The molecule has 1 N–H and O–H groups in total. The van der Waals surface area contributed by atoms with Gasteiger partial charge in [0.1, 0.15) is 23.1 Å². The molecule has 7 heteroatoms. The molecule has 10 aromatic rings. The number of benzene rings is 6. The molecule has 0 saturated heterocycles. The Labute approximate surface area is 445 Å². The van der Waals surface area contributed by atoms with E-state index in [-0.39, 0.29) is 48.5 Å². The summed E-state index contributed by atoms with van der Waals surface area (Å²) in [6.45, 7) is 28.6. The van der Waals surface area contributed by atoms with Crippen molar-refractivity contribution in [2.45, 2.75) is 113 Å². The zero-order chi connectivity index (χ0) is 51.1. The van der Waals surface area contributed by atoms with Crippen molar-refractivity contribution in [2.24, 2.45) is 5.41 Å². The molecule has 0 aliphatic heterocycles. The van der Waals surface area contributed by atoms with Crippen molar-refractivity contribution in [3.8, 4) is 78.8 Å². The zero-order valence-electron chi connectivity index (χ0n) is 44.5. The fraction of sp³-hybridized carbons (Fsp3) is 0.273. The number of aromatic hydroxyl groups is 1. The van der Waals surface area contributed by atoms with Gasteiger partial charge in [0.15, 0.2) is 11.2 Å². The first-order valence-electron chi connectivity index (χ1n) is 25.2. The van der Waals surface area contributed by atoms with Crippen LogP contribution in [0.25, 0.3) is 95.2 Å². The van der Waals surface area contributed by atoms with E-state index in [0.717, 1.165) is 118 Å². The summed E-state index contributed by atoms with van der Waals surface area (Å²) in [7, 11) is 0. The molecule has 0 amide bonds. The second kappa shape index (κ2) is 18.9.